The molecule has 10 nitrogen and oxygen atoms in total. The number of anilines is 1. The summed E-state index contributed by atoms with van der Waals surface area (Å²) in [6.07, 6.45) is -0.124. The Morgan fingerprint density at radius 1 is 1.23 bits per heavy atom. The van der Waals surface area contributed by atoms with Crippen LogP contribution in [0.15, 0.2) is 18.2 Å². The summed E-state index contributed by atoms with van der Waals surface area (Å²) in [5.74, 6) is -0.727. The largest absolute Gasteiger partial charge is 0.497 e. The van der Waals surface area contributed by atoms with Crippen molar-refractivity contribution in [3.05, 3.63) is 18.2 Å². The molecule has 0 saturated carbocycles. The first-order valence-corrected chi connectivity index (χ1v) is 10.9. The Balaban J connectivity index is 1.75. The molecular weight excluding hydrogens is 414 g/mol. The van der Waals surface area contributed by atoms with Crippen molar-refractivity contribution in [3.63, 3.8) is 0 Å². The van der Waals surface area contributed by atoms with Crippen LogP contribution in [0.4, 0.5) is 5.69 Å². The van der Waals surface area contributed by atoms with E-state index in [0.717, 1.165) is 4.90 Å². The SMILES string of the molecule is COc1ccc(OC)c(NC(=O)C(C)NC(=O)C2N3C(=O)CC3S(=O)(=O)C2(C)C)c1. The highest BCUT2D eigenvalue weighted by molar-refractivity contribution is 7.93. The zero-order valence-electron chi connectivity index (χ0n) is 17.4. The minimum Gasteiger partial charge on any atom is -0.497 e. The summed E-state index contributed by atoms with van der Waals surface area (Å²) in [6.45, 7) is 4.31. The van der Waals surface area contributed by atoms with E-state index < -0.39 is 49.8 Å². The number of nitrogens with one attached hydrogen (secondary N) is 2. The average Bonchev–Trinajstić information content (AvgIpc) is 2.81. The second-order valence-corrected chi connectivity index (χ2v) is 10.5. The third kappa shape index (κ3) is 3.26. The molecule has 30 heavy (non-hydrogen) atoms. The van der Waals surface area contributed by atoms with Crippen LogP contribution in [-0.4, -0.2) is 67.5 Å². The van der Waals surface area contributed by atoms with Gasteiger partial charge in [-0.2, -0.15) is 0 Å². The van der Waals surface area contributed by atoms with Gasteiger partial charge in [0.15, 0.2) is 9.84 Å². The highest BCUT2D eigenvalue weighted by atomic mass is 32.2. The number of sulfone groups is 1. The van der Waals surface area contributed by atoms with E-state index in [4.69, 9.17) is 9.47 Å². The Kier molecular flexibility index (Phi) is 5.44. The number of methoxy groups -OCH3 is 2. The van der Waals surface area contributed by atoms with E-state index in [1.807, 2.05) is 0 Å². The number of fused-ring (bicyclic) bond motifs is 1. The maximum Gasteiger partial charge on any atom is 0.246 e. The van der Waals surface area contributed by atoms with Gasteiger partial charge in [-0.1, -0.05) is 0 Å². The molecule has 2 fully saturated rings. The number of carbonyl (C=O) groups is 3. The van der Waals surface area contributed by atoms with Gasteiger partial charge < -0.3 is 25.0 Å². The minimum absolute atomic E-state index is 0.124. The Morgan fingerprint density at radius 2 is 1.90 bits per heavy atom. The van der Waals surface area contributed by atoms with Gasteiger partial charge in [0.1, 0.15) is 29.0 Å². The fourth-order valence-corrected chi connectivity index (χ4v) is 5.90. The van der Waals surface area contributed by atoms with E-state index in [2.05, 4.69) is 10.6 Å². The molecular formula is C19H25N3O7S. The van der Waals surface area contributed by atoms with Crippen LogP contribution < -0.4 is 20.1 Å². The lowest BCUT2D eigenvalue weighted by molar-refractivity contribution is -0.150. The summed E-state index contributed by atoms with van der Waals surface area (Å²) in [5.41, 5.74) is 0.352. The molecule has 164 valence electrons. The molecule has 2 N–H and O–H groups in total. The molecule has 0 aromatic heterocycles. The molecule has 2 saturated heterocycles. The average molecular weight is 439 g/mol. The van der Waals surface area contributed by atoms with Crippen LogP contribution in [0.25, 0.3) is 0 Å². The van der Waals surface area contributed by atoms with Gasteiger partial charge in [-0.25, -0.2) is 8.42 Å². The van der Waals surface area contributed by atoms with Gasteiger partial charge in [0.2, 0.25) is 17.7 Å². The lowest BCUT2D eigenvalue weighted by Crippen LogP contribution is -2.61. The highest BCUT2D eigenvalue weighted by Gasteiger charge is 2.67. The van der Waals surface area contributed by atoms with Gasteiger partial charge in [0, 0.05) is 6.07 Å². The van der Waals surface area contributed by atoms with Crippen LogP contribution in [0.3, 0.4) is 0 Å². The second kappa shape index (κ2) is 7.46. The number of nitrogens with zero attached hydrogens (tertiary/aromatic N) is 1. The number of β-lactam (4-membered cyclic amide) rings is 1. The van der Waals surface area contributed by atoms with Crippen molar-refractivity contribution in [1.29, 1.82) is 0 Å². The Hall–Kier alpha value is -2.82. The van der Waals surface area contributed by atoms with Crippen molar-refractivity contribution in [2.75, 3.05) is 19.5 Å². The third-order valence-corrected chi connectivity index (χ3v) is 8.44. The molecule has 2 aliphatic rings. The summed E-state index contributed by atoms with van der Waals surface area (Å²) >= 11 is 0. The molecule has 0 radical (unpaired) electrons. The third-order valence-electron chi connectivity index (χ3n) is 5.64. The van der Waals surface area contributed by atoms with Gasteiger partial charge in [-0.15, -0.1) is 0 Å². The fourth-order valence-electron chi connectivity index (χ4n) is 3.76. The fraction of sp³-hybridized carbons (Fsp3) is 0.526. The normalized spacial score (nSPS) is 24.3. The topological polar surface area (TPSA) is 131 Å². The standard InChI is InChI=1S/C19H25N3O7S/c1-10(17(24)21-12-8-11(28-4)6-7-13(12)29-5)20-18(25)16-19(2,3)30(26,27)15-9-14(23)22(15)16/h6-8,10,15-16H,9H2,1-5H3,(H,20,25)(H,21,24). The maximum atomic E-state index is 12.9. The van der Waals surface area contributed by atoms with E-state index in [-0.39, 0.29) is 6.42 Å². The number of hydrogen-bond donors (Lipinski definition) is 2. The number of carbonyl (C=O) groups excluding carboxylic acids is 3. The van der Waals surface area contributed by atoms with Gasteiger partial charge in [0.25, 0.3) is 0 Å². The zero-order chi connectivity index (χ0) is 22.4. The van der Waals surface area contributed by atoms with Crippen LogP contribution in [0.5, 0.6) is 11.5 Å². The van der Waals surface area contributed by atoms with Crippen molar-refractivity contribution in [2.24, 2.45) is 0 Å². The van der Waals surface area contributed by atoms with E-state index in [0.29, 0.717) is 17.2 Å². The van der Waals surface area contributed by atoms with E-state index in [1.54, 1.807) is 18.2 Å². The van der Waals surface area contributed by atoms with Gasteiger partial charge in [-0.3, -0.25) is 14.4 Å². The molecule has 3 rings (SSSR count). The Morgan fingerprint density at radius 3 is 2.47 bits per heavy atom. The molecule has 3 unspecified atom stereocenters. The van der Waals surface area contributed by atoms with Crippen molar-refractivity contribution >= 4 is 33.2 Å². The van der Waals surface area contributed by atoms with Crippen LogP contribution >= 0.6 is 0 Å². The molecule has 0 bridgehead atoms. The van der Waals surface area contributed by atoms with Crippen molar-refractivity contribution in [1.82, 2.24) is 10.2 Å². The monoisotopic (exact) mass is 439 g/mol. The molecule has 3 atom stereocenters. The van der Waals surface area contributed by atoms with Crippen LogP contribution in [0, 0.1) is 0 Å². The first kappa shape index (κ1) is 21.9. The van der Waals surface area contributed by atoms with Gasteiger partial charge in [-0.05, 0) is 32.9 Å². The highest BCUT2D eigenvalue weighted by Crippen LogP contribution is 2.45. The lowest BCUT2D eigenvalue weighted by Gasteiger charge is -2.37. The zero-order valence-corrected chi connectivity index (χ0v) is 18.2. The first-order chi connectivity index (χ1) is 13.9. The molecule has 1 aromatic rings. The Labute approximate surface area is 174 Å². The molecule has 0 spiro atoms. The molecule has 11 heteroatoms. The van der Waals surface area contributed by atoms with E-state index in [1.165, 1.54) is 35.0 Å². The van der Waals surface area contributed by atoms with Crippen LogP contribution in [0.2, 0.25) is 0 Å². The van der Waals surface area contributed by atoms with Gasteiger partial charge in [0.05, 0.1) is 31.1 Å². The predicted molar refractivity (Wildman–Crippen MR) is 108 cm³/mol. The molecule has 2 heterocycles. The smallest absolute Gasteiger partial charge is 0.246 e. The van der Waals surface area contributed by atoms with Crippen molar-refractivity contribution in [3.8, 4) is 11.5 Å². The summed E-state index contributed by atoms with van der Waals surface area (Å²) < 4.78 is 34.2. The minimum atomic E-state index is -3.70. The molecule has 0 aliphatic carbocycles. The molecule has 2 aliphatic heterocycles. The van der Waals surface area contributed by atoms with Crippen LogP contribution in [0.1, 0.15) is 27.2 Å². The first-order valence-electron chi connectivity index (χ1n) is 9.33. The predicted octanol–water partition coefficient (Wildman–Crippen LogP) is 0.281. The molecule has 1 aromatic carbocycles. The van der Waals surface area contributed by atoms with E-state index in [9.17, 15) is 22.8 Å². The summed E-state index contributed by atoms with van der Waals surface area (Å²) in [4.78, 5) is 38.6. The van der Waals surface area contributed by atoms with Crippen molar-refractivity contribution in [2.45, 2.75) is 49.4 Å². The quantitative estimate of drug-likeness (QED) is 0.609. The summed E-state index contributed by atoms with van der Waals surface area (Å²) in [6, 6.07) is 2.67. The van der Waals surface area contributed by atoms with Crippen LogP contribution in [-0.2, 0) is 24.2 Å². The second-order valence-electron chi connectivity index (χ2n) is 7.80. The number of benzene rings is 1. The summed E-state index contributed by atoms with van der Waals surface area (Å²) in [7, 11) is -0.766. The maximum absolute atomic E-state index is 12.9. The lowest BCUT2D eigenvalue weighted by atomic mass is 9.97. The molecule has 3 amide bonds. The Bertz CT molecular complexity index is 1010. The number of rotatable bonds is 6. The number of amides is 3. The number of ether oxygens (including phenoxy) is 2. The van der Waals surface area contributed by atoms with E-state index >= 15 is 0 Å². The summed E-state index contributed by atoms with van der Waals surface area (Å²) in [5, 5.41) is 4.19. The van der Waals surface area contributed by atoms with Gasteiger partial charge >= 0.3 is 0 Å². The number of hydrogen-bond acceptors (Lipinski definition) is 7. The van der Waals surface area contributed by atoms with Crippen molar-refractivity contribution < 1.29 is 32.3 Å².